The van der Waals surface area contributed by atoms with Crippen LogP contribution in [0.15, 0.2) is 12.1 Å². The Bertz CT molecular complexity index is 448. The van der Waals surface area contributed by atoms with Crippen LogP contribution in [0, 0.1) is 0 Å². The number of nitrogens with zero attached hydrogens (tertiary/aromatic N) is 2. The predicted molar refractivity (Wildman–Crippen MR) is 66.1 cm³/mol. The largest absolute Gasteiger partial charge is 0.395 e. The molecule has 0 aliphatic carbocycles. The minimum atomic E-state index is -2.69. The van der Waals surface area contributed by atoms with E-state index in [2.05, 4.69) is 10.4 Å². The lowest BCUT2D eigenvalue weighted by molar-refractivity contribution is 0.0509. The van der Waals surface area contributed by atoms with Crippen LogP contribution in [0.2, 0.25) is 5.15 Å². The zero-order valence-electron chi connectivity index (χ0n) is 9.81. The van der Waals surface area contributed by atoms with Crippen molar-refractivity contribution in [3.8, 4) is 0 Å². The fraction of sp³-hybridized carbons (Fsp3) is 0.400. The minimum Gasteiger partial charge on any atom is -0.395 e. The van der Waals surface area contributed by atoms with Gasteiger partial charge in [0.25, 0.3) is 12.3 Å². The lowest BCUT2D eigenvalue weighted by Crippen LogP contribution is -2.37. The number of aliphatic hydroxyl groups is 1. The molecule has 0 aliphatic rings. The molecule has 1 rings (SSSR count). The first-order chi connectivity index (χ1) is 8.97. The number of rotatable bonds is 6. The third kappa shape index (κ3) is 4.58. The molecule has 6 nitrogen and oxygen atoms in total. The average Bonchev–Trinajstić information content (AvgIpc) is 2.36. The monoisotopic (exact) mass is 294 g/mol. The molecule has 0 spiro atoms. The van der Waals surface area contributed by atoms with Gasteiger partial charge < -0.3 is 15.4 Å². The van der Waals surface area contributed by atoms with Crippen molar-refractivity contribution in [3.63, 3.8) is 0 Å². The van der Waals surface area contributed by atoms with Gasteiger partial charge in [0.2, 0.25) is 0 Å². The highest BCUT2D eigenvalue weighted by atomic mass is 35.5. The third-order valence-corrected chi connectivity index (χ3v) is 2.40. The van der Waals surface area contributed by atoms with E-state index < -0.39 is 25.5 Å². The van der Waals surface area contributed by atoms with Crippen molar-refractivity contribution in [2.45, 2.75) is 6.43 Å². The number of carbonyl (C=O) groups excluding carboxylic acids is 1. The topological polar surface area (TPSA) is 91.5 Å². The summed E-state index contributed by atoms with van der Waals surface area (Å²) in [6.45, 7) is -1.39. The number of carbonyl (C=O) groups is 1. The first-order valence-corrected chi connectivity index (χ1v) is 5.68. The van der Waals surface area contributed by atoms with Crippen LogP contribution in [0.1, 0.15) is 10.4 Å². The quantitative estimate of drug-likeness (QED) is 0.408. The molecule has 0 aliphatic heterocycles. The summed E-state index contributed by atoms with van der Waals surface area (Å²) in [7, 11) is 0. The van der Waals surface area contributed by atoms with Gasteiger partial charge in [-0.25, -0.2) is 19.6 Å². The summed E-state index contributed by atoms with van der Waals surface area (Å²) in [5, 5.41) is 8.79. The number of anilines is 1. The Hall–Kier alpha value is -1.51. The summed E-state index contributed by atoms with van der Waals surface area (Å²) in [5.41, 5.74) is 2.27. The van der Waals surface area contributed by atoms with Crippen molar-refractivity contribution in [3.05, 3.63) is 22.8 Å². The second-order valence-electron chi connectivity index (χ2n) is 3.57. The molecule has 0 bridgehead atoms. The van der Waals surface area contributed by atoms with E-state index in [4.69, 9.17) is 22.6 Å². The summed E-state index contributed by atoms with van der Waals surface area (Å²) < 4.78 is 24.7. The van der Waals surface area contributed by atoms with Gasteiger partial charge in [-0.1, -0.05) is 11.6 Å². The van der Waals surface area contributed by atoms with Gasteiger partial charge in [-0.2, -0.15) is 0 Å². The van der Waals surface area contributed by atoms with E-state index in [1.165, 1.54) is 12.1 Å². The highest BCUT2D eigenvalue weighted by Gasteiger charge is 2.20. The lowest BCUT2D eigenvalue weighted by Gasteiger charge is -2.21. The fourth-order valence-electron chi connectivity index (χ4n) is 1.44. The highest BCUT2D eigenvalue weighted by Crippen LogP contribution is 2.16. The number of amides is 1. The lowest BCUT2D eigenvalue weighted by atomic mass is 10.2. The molecule has 0 fully saturated rings. The molecule has 4 N–H and O–H groups in total. The average molecular weight is 295 g/mol. The molecule has 0 saturated heterocycles. The molecule has 1 amide bonds. The number of hydrogen-bond donors (Lipinski definition) is 3. The maximum atomic E-state index is 12.4. The molecule has 1 aromatic rings. The molecule has 1 aromatic heterocycles. The Morgan fingerprint density at radius 3 is 2.79 bits per heavy atom. The van der Waals surface area contributed by atoms with Gasteiger partial charge in [-0.15, -0.1) is 0 Å². The number of nitrogens with one attached hydrogen (secondary N) is 1. The van der Waals surface area contributed by atoms with E-state index in [0.717, 1.165) is 4.90 Å². The molecular formula is C10H13ClF2N4O2. The van der Waals surface area contributed by atoms with Crippen molar-refractivity contribution in [1.29, 1.82) is 0 Å². The first kappa shape index (κ1) is 15.5. The van der Waals surface area contributed by atoms with Crippen LogP contribution in [0.4, 0.5) is 14.6 Å². The number of pyridine rings is 1. The standard InChI is InChI=1S/C10H13ClF2N4O2/c11-7-3-6(4-9(15-7)16-14)10(19)17(1-2-18)5-8(12)13/h3-4,8,18H,1-2,5,14H2,(H,15,16). The highest BCUT2D eigenvalue weighted by molar-refractivity contribution is 6.29. The normalized spacial score (nSPS) is 10.6. The zero-order chi connectivity index (χ0) is 14.4. The van der Waals surface area contributed by atoms with Crippen LogP contribution in [0.25, 0.3) is 0 Å². The predicted octanol–water partition coefficient (Wildman–Crippen LogP) is 0.720. The van der Waals surface area contributed by atoms with Gasteiger partial charge in [0, 0.05) is 12.1 Å². The van der Waals surface area contributed by atoms with Gasteiger partial charge >= 0.3 is 0 Å². The third-order valence-electron chi connectivity index (χ3n) is 2.20. The minimum absolute atomic E-state index is 0.000189. The number of aliphatic hydroxyl groups excluding tert-OH is 1. The molecule has 0 radical (unpaired) electrons. The number of hydrazine groups is 1. The molecule has 106 valence electrons. The number of halogens is 3. The zero-order valence-corrected chi connectivity index (χ0v) is 10.6. The number of hydrogen-bond acceptors (Lipinski definition) is 5. The maximum absolute atomic E-state index is 12.4. The molecule has 0 atom stereocenters. The Morgan fingerprint density at radius 2 is 2.26 bits per heavy atom. The number of nitrogens with two attached hydrogens (primary N) is 1. The van der Waals surface area contributed by atoms with E-state index in [-0.39, 0.29) is 23.1 Å². The van der Waals surface area contributed by atoms with E-state index in [1.54, 1.807) is 0 Å². The molecule has 9 heteroatoms. The fourth-order valence-corrected chi connectivity index (χ4v) is 1.65. The van der Waals surface area contributed by atoms with Crippen LogP contribution < -0.4 is 11.3 Å². The van der Waals surface area contributed by atoms with Gasteiger partial charge in [-0.3, -0.25) is 4.79 Å². The smallest absolute Gasteiger partial charge is 0.255 e. The van der Waals surface area contributed by atoms with Gasteiger partial charge in [-0.05, 0) is 12.1 Å². The molecule has 0 saturated carbocycles. The van der Waals surface area contributed by atoms with Crippen LogP contribution >= 0.6 is 11.6 Å². The molecule has 0 aromatic carbocycles. The van der Waals surface area contributed by atoms with E-state index in [0.29, 0.717) is 0 Å². The number of nitrogen functional groups attached to an aromatic ring is 1. The molecule has 19 heavy (non-hydrogen) atoms. The Morgan fingerprint density at radius 1 is 1.58 bits per heavy atom. The number of aromatic nitrogens is 1. The van der Waals surface area contributed by atoms with Crippen LogP contribution in [0.5, 0.6) is 0 Å². The molecule has 1 heterocycles. The van der Waals surface area contributed by atoms with Gasteiger partial charge in [0.05, 0.1) is 13.2 Å². The van der Waals surface area contributed by atoms with Crippen LogP contribution in [-0.2, 0) is 0 Å². The number of alkyl halides is 2. The van der Waals surface area contributed by atoms with Crippen LogP contribution in [-0.4, -0.2) is 47.0 Å². The molecular weight excluding hydrogens is 282 g/mol. The van der Waals surface area contributed by atoms with E-state index in [1.807, 2.05) is 0 Å². The maximum Gasteiger partial charge on any atom is 0.255 e. The molecule has 0 unspecified atom stereocenters. The summed E-state index contributed by atoms with van der Waals surface area (Å²) in [6, 6.07) is 2.52. The SMILES string of the molecule is NNc1cc(C(=O)N(CCO)CC(F)F)cc(Cl)n1. The van der Waals surface area contributed by atoms with E-state index >= 15 is 0 Å². The van der Waals surface area contributed by atoms with Crippen molar-refractivity contribution in [2.24, 2.45) is 5.84 Å². The second kappa shape index (κ2) is 7.17. The summed E-state index contributed by atoms with van der Waals surface area (Å²) >= 11 is 5.69. The summed E-state index contributed by atoms with van der Waals surface area (Å²) in [5.74, 6) is 4.60. The van der Waals surface area contributed by atoms with Crippen LogP contribution in [0.3, 0.4) is 0 Å². The first-order valence-electron chi connectivity index (χ1n) is 5.30. The Kier molecular flexibility index (Phi) is 5.87. The summed E-state index contributed by atoms with van der Waals surface area (Å²) in [6.07, 6.45) is -2.69. The van der Waals surface area contributed by atoms with Crippen molar-refractivity contribution in [2.75, 3.05) is 25.1 Å². The van der Waals surface area contributed by atoms with Crippen molar-refractivity contribution >= 4 is 23.3 Å². The second-order valence-corrected chi connectivity index (χ2v) is 3.96. The Labute approximate surface area is 113 Å². The van der Waals surface area contributed by atoms with Gasteiger partial charge in [0.15, 0.2) is 0 Å². The Balaban J connectivity index is 2.98. The van der Waals surface area contributed by atoms with Gasteiger partial charge in [0.1, 0.15) is 11.0 Å². The van der Waals surface area contributed by atoms with E-state index in [9.17, 15) is 13.6 Å². The summed E-state index contributed by atoms with van der Waals surface area (Å²) in [4.78, 5) is 16.6. The van der Waals surface area contributed by atoms with Crippen molar-refractivity contribution in [1.82, 2.24) is 9.88 Å². The van der Waals surface area contributed by atoms with Crippen molar-refractivity contribution < 1.29 is 18.7 Å².